The van der Waals surface area contributed by atoms with E-state index in [2.05, 4.69) is 98.6 Å². The van der Waals surface area contributed by atoms with E-state index in [4.69, 9.17) is 4.98 Å². The topological polar surface area (TPSA) is 61.4 Å². The number of urea groups is 1. The quantitative estimate of drug-likeness (QED) is 0.432. The molecular weight excluding hydrogens is 454 g/mol. The van der Waals surface area contributed by atoms with Gasteiger partial charge in [-0.3, -0.25) is 0 Å². The van der Waals surface area contributed by atoms with Crippen LogP contribution in [0, 0.1) is 6.92 Å². The molecule has 1 aromatic heterocycles. The molecule has 186 valence electrons. The fourth-order valence-electron chi connectivity index (χ4n) is 4.64. The van der Waals surface area contributed by atoms with Gasteiger partial charge in [0, 0.05) is 49.3 Å². The van der Waals surface area contributed by atoms with E-state index in [-0.39, 0.29) is 12.1 Å². The summed E-state index contributed by atoms with van der Waals surface area (Å²) in [6.07, 6.45) is 0.738. The van der Waals surface area contributed by atoms with Crippen molar-refractivity contribution < 1.29 is 4.79 Å². The Morgan fingerprint density at radius 1 is 1.06 bits per heavy atom. The molecule has 3 aromatic rings. The van der Waals surface area contributed by atoms with Crippen LogP contribution in [0.5, 0.6) is 0 Å². The van der Waals surface area contributed by atoms with Crippen molar-refractivity contribution in [1.29, 1.82) is 0 Å². The Morgan fingerprint density at radius 2 is 1.71 bits per heavy atom. The standard InChI is InChI=1S/C28H37N5OS/c1-18(2)23-8-7-9-24(19(3)4)26(23)30-27(34)33-15-14-32(17-21(33)6)28-29-25(31-35-28)16-22-12-10-20(5)11-13-22/h7-13,18-19,21H,14-17H2,1-6H3,(H,30,34). The number of benzene rings is 2. The molecule has 0 radical (unpaired) electrons. The number of carbonyl (C=O) groups excluding carboxylic acids is 1. The van der Waals surface area contributed by atoms with Crippen LogP contribution in [0.3, 0.4) is 0 Å². The molecule has 2 heterocycles. The molecule has 4 rings (SSSR count). The van der Waals surface area contributed by atoms with Crippen LogP contribution in [0.1, 0.15) is 74.5 Å². The number of nitrogens with one attached hydrogen (secondary N) is 1. The molecule has 0 bridgehead atoms. The van der Waals surface area contributed by atoms with Crippen molar-refractivity contribution in [3.05, 3.63) is 70.5 Å². The van der Waals surface area contributed by atoms with Gasteiger partial charge in [0.2, 0.25) is 5.13 Å². The van der Waals surface area contributed by atoms with Gasteiger partial charge in [-0.05, 0) is 42.4 Å². The average Bonchev–Trinajstić information content (AvgIpc) is 3.28. The predicted octanol–water partition coefficient (Wildman–Crippen LogP) is 6.43. The molecule has 0 aliphatic carbocycles. The van der Waals surface area contributed by atoms with Crippen LogP contribution in [-0.4, -0.2) is 46.0 Å². The summed E-state index contributed by atoms with van der Waals surface area (Å²) in [5, 5.41) is 4.21. The number of aromatic nitrogens is 2. The lowest BCUT2D eigenvalue weighted by atomic mass is 9.92. The molecule has 2 aromatic carbocycles. The van der Waals surface area contributed by atoms with E-state index >= 15 is 0 Å². The molecule has 0 spiro atoms. The van der Waals surface area contributed by atoms with Gasteiger partial charge in [-0.25, -0.2) is 9.78 Å². The maximum Gasteiger partial charge on any atom is 0.322 e. The molecule has 0 saturated carbocycles. The number of amides is 2. The zero-order chi connectivity index (χ0) is 25.1. The van der Waals surface area contributed by atoms with E-state index in [1.807, 2.05) is 4.90 Å². The molecule has 6 nitrogen and oxygen atoms in total. The van der Waals surface area contributed by atoms with Crippen LogP contribution in [0.25, 0.3) is 0 Å². The van der Waals surface area contributed by atoms with E-state index in [0.29, 0.717) is 18.4 Å². The van der Waals surface area contributed by atoms with Crippen LogP contribution < -0.4 is 10.2 Å². The van der Waals surface area contributed by atoms with Gasteiger partial charge in [0.15, 0.2) is 0 Å². The lowest BCUT2D eigenvalue weighted by molar-refractivity contribution is 0.185. The SMILES string of the molecule is Cc1ccc(Cc2nsc(N3CCN(C(=O)Nc4c(C(C)C)cccc4C(C)C)C(C)C3)n2)cc1. The Hall–Kier alpha value is -2.93. The summed E-state index contributed by atoms with van der Waals surface area (Å²) in [7, 11) is 0. The molecular formula is C28H37N5OS. The first-order valence-corrected chi connectivity index (χ1v) is 13.3. The summed E-state index contributed by atoms with van der Waals surface area (Å²) >= 11 is 1.45. The first-order valence-electron chi connectivity index (χ1n) is 12.6. The highest BCUT2D eigenvalue weighted by Gasteiger charge is 2.30. The maximum absolute atomic E-state index is 13.4. The first-order chi connectivity index (χ1) is 16.7. The number of hydrogen-bond acceptors (Lipinski definition) is 5. The smallest absolute Gasteiger partial charge is 0.322 e. The zero-order valence-corrected chi connectivity index (χ0v) is 22.5. The second-order valence-electron chi connectivity index (χ2n) is 10.2. The summed E-state index contributed by atoms with van der Waals surface area (Å²) in [5.41, 5.74) is 5.82. The van der Waals surface area contributed by atoms with Crippen molar-refractivity contribution in [2.75, 3.05) is 29.9 Å². The lowest BCUT2D eigenvalue weighted by Crippen LogP contribution is -2.55. The molecule has 1 aliphatic rings. The number of para-hydroxylation sites is 1. The number of aryl methyl sites for hydroxylation is 1. The van der Waals surface area contributed by atoms with Gasteiger partial charge in [-0.15, -0.1) is 0 Å². The number of anilines is 2. The maximum atomic E-state index is 13.4. The largest absolute Gasteiger partial charge is 0.343 e. The predicted molar refractivity (Wildman–Crippen MR) is 146 cm³/mol. The normalized spacial score (nSPS) is 16.3. The van der Waals surface area contributed by atoms with E-state index in [1.165, 1.54) is 33.8 Å². The molecule has 1 aliphatic heterocycles. The zero-order valence-electron chi connectivity index (χ0n) is 21.7. The van der Waals surface area contributed by atoms with Gasteiger partial charge in [0.05, 0.1) is 0 Å². The van der Waals surface area contributed by atoms with E-state index in [0.717, 1.165) is 36.2 Å². The molecule has 35 heavy (non-hydrogen) atoms. The Labute approximate surface area is 213 Å². The first kappa shape index (κ1) is 25.2. The van der Waals surface area contributed by atoms with Gasteiger partial charge < -0.3 is 15.1 Å². The van der Waals surface area contributed by atoms with Crippen molar-refractivity contribution in [3.8, 4) is 0 Å². The monoisotopic (exact) mass is 491 g/mol. The van der Waals surface area contributed by atoms with Gasteiger partial charge in [-0.1, -0.05) is 75.7 Å². The van der Waals surface area contributed by atoms with E-state index in [9.17, 15) is 4.79 Å². The summed E-state index contributed by atoms with van der Waals surface area (Å²) in [6.45, 7) is 15.0. The van der Waals surface area contributed by atoms with Crippen molar-refractivity contribution in [3.63, 3.8) is 0 Å². The van der Waals surface area contributed by atoms with Crippen molar-refractivity contribution in [2.45, 2.75) is 65.8 Å². The molecule has 2 amide bonds. The Balaban J connectivity index is 1.41. The third-order valence-corrected chi connectivity index (χ3v) is 7.52. The number of rotatable bonds is 6. The van der Waals surface area contributed by atoms with Gasteiger partial charge in [-0.2, -0.15) is 4.37 Å². The minimum atomic E-state index is -0.0236. The molecule has 7 heteroatoms. The number of carbonyl (C=O) groups is 1. The number of nitrogens with zero attached hydrogens (tertiary/aromatic N) is 4. The van der Waals surface area contributed by atoms with Crippen LogP contribution in [0.4, 0.5) is 15.6 Å². The highest BCUT2D eigenvalue weighted by Crippen LogP contribution is 2.33. The van der Waals surface area contributed by atoms with E-state index in [1.54, 1.807) is 0 Å². The highest BCUT2D eigenvalue weighted by molar-refractivity contribution is 7.09. The third-order valence-electron chi connectivity index (χ3n) is 6.70. The second kappa shape index (κ2) is 10.8. The molecule has 1 atom stereocenters. The summed E-state index contributed by atoms with van der Waals surface area (Å²) in [6, 6.07) is 14.9. The second-order valence-corrected chi connectivity index (χ2v) is 10.9. The average molecular weight is 492 g/mol. The summed E-state index contributed by atoms with van der Waals surface area (Å²) < 4.78 is 4.59. The minimum Gasteiger partial charge on any atom is -0.343 e. The van der Waals surface area contributed by atoms with Crippen LogP contribution in [0.2, 0.25) is 0 Å². The lowest BCUT2D eigenvalue weighted by Gasteiger charge is -2.39. The fourth-order valence-corrected chi connectivity index (χ4v) is 5.36. The van der Waals surface area contributed by atoms with Gasteiger partial charge in [0.25, 0.3) is 0 Å². The summed E-state index contributed by atoms with van der Waals surface area (Å²) in [5.74, 6) is 1.53. The van der Waals surface area contributed by atoms with Crippen LogP contribution in [-0.2, 0) is 6.42 Å². The van der Waals surface area contributed by atoms with Crippen molar-refractivity contribution >= 4 is 28.4 Å². The van der Waals surface area contributed by atoms with E-state index < -0.39 is 0 Å². The Morgan fingerprint density at radius 3 is 2.31 bits per heavy atom. The molecule has 1 unspecified atom stereocenters. The minimum absolute atomic E-state index is 0.0236. The van der Waals surface area contributed by atoms with Gasteiger partial charge >= 0.3 is 6.03 Å². The molecule has 1 N–H and O–H groups in total. The van der Waals surface area contributed by atoms with Crippen molar-refractivity contribution in [2.24, 2.45) is 0 Å². The number of hydrogen-bond donors (Lipinski definition) is 1. The molecule has 1 saturated heterocycles. The molecule has 1 fully saturated rings. The fraction of sp³-hybridized carbons (Fsp3) is 0.464. The highest BCUT2D eigenvalue weighted by atomic mass is 32.1. The third kappa shape index (κ3) is 5.84. The van der Waals surface area contributed by atoms with Crippen molar-refractivity contribution in [1.82, 2.24) is 14.3 Å². The van der Waals surface area contributed by atoms with Gasteiger partial charge in [0.1, 0.15) is 5.82 Å². The van der Waals surface area contributed by atoms with Crippen LogP contribution >= 0.6 is 11.5 Å². The summed E-state index contributed by atoms with van der Waals surface area (Å²) in [4.78, 5) is 22.4. The van der Waals surface area contributed by atoms with Crippen LogP contribution in [0.15, 0.2) is 42.5 Å². The Bertz CT molecular complexity index is 1130. The Kier molecular flexibility index (Phi) is 7.75. The number of piperazine rings is 1.